The van der Waals surface area contributed by atoms with Crippen LogP contribution >= 0.6 is 0 Å². The maximum Gasteiger partial charge on any atom is 0.342 e. The maximum atomic E-state index is 13.0. The smallest absolute Gasteiger partial charge is 0.342 e. The number of hydrogen-bond acceptors (Lipinski definition) is 11. The monoisotopic (exact) mass is 522 g/mol. The second-order valence-electron chi connectivity index (χ2n) is 9.43. The van der Waals surface area contributed by atoms with Crippen LogP contribution in [0.4, 0.5) is 0 Å². The maximum absolute atomic E-state index is 13.0. The van der Waals surface area contributed by atoms with E-state index in [0.29, 0.717) is 28.4 Å². The van der Waals surface area contributed by atoms with Crippen molar-refractivity contribution in [3.8, 4) is 17.2 Å². The number of rotatable bonds is 10. The van der Waals surface area contributed by atoms with Crippen LogP contribution in [0, 0.1) is 0 Å². The molecule has 1 aromatic carbocycles. The van der Waals surface area contributed by atoms with E-state index >= 15 is 0 Å². The largest absolute Gasteiger partial charge is 0.493 e. The Morgan fingerprint density at radius 1 is 1.19 bits per heavy atom. The van der Waals surface area contributed by atoms with Gasteiger partial charge in [-0.1, -0.05) is 6.08 Å². The average Bonchev–Trinajstić information content (AvgIpc) is 3.24. The molecule has 11 nitrogen and oxygen atoms in total. The number of benzene rings is 1. The number of hydrogen-bond donors (Lipinski definition) is 1. The second-order valence-corrected chi connectivity index (χ2v) is 9.43. The van der Waals surface area contributed by atoms with Gasteiger partial charge in [0, 0.05) is 11.1 Å². The van der Waals surface area contributed by atoms with E-state index in [1.165, 1.54) is 27.9 Å². The van der Waals surface area contributed by atoms with Gasteiger partial charge in [-0.05, 0) is 60.6 Å². The number of carbonyl (C=O) groups is 3. The van der Waals surface area contributed by atoms with Crippen molar-refractivity contribution < 1.29 is 52.6 Å². The van der Waals surface area contributed by atoms with Crippen LogP contribution in [0.25, 0.3) is 0 Å². The molecular formula is C26H34O11. The van der Waals surface area contributed by atoms with Crippen LogP contribution in [0.15, 0.2) is 23.8 Å². The van der Waals surface area contributed by atoms with Gasteiger partial charge >= 0.3 is 17.9 Å². The van der Waals surface area contributed by atoms with Crippen molar-refractivity contribution in [3.05, 3.63) is 29.3 Å². The number of epoxide rings is 1. The van der Waals surface area contributed by atoms with Crippen molar-refractivity contribution in [3.63, 3.8) is 0 Å². The number of fused-ring (bicyclic) bond motifs is 1. The zero-order valence-electron chi connectivity index (χ0n) is 22.3. The topological polar surface area (TPSA) is 139 Å². The molecule has 0 aromatic heterocycles. The van der Waals surface area contributed by atoms with E-state index in [-0.39, 0.29) is 12.9 Å². The highest BCUT2D eigenvalue weighted by molar-refractivity contribution is 5.88. The molecule has 0 radical (unpaired) electrons. The zero-order chi connectivity index (χ0) is 27.7. The third-order valence-corrected chi connectivity index (χ3v) is 6.75. The van der Waals surface area contributed by atoms with Gasteiger partial charge in [-0.2, -0.15) is 0 Å². The molecule has 3 rings (SSSR count). The molecule has 2 aliphatic rings. The van der Waals surface area contributed by atoms with E-state index in [9.17, 15) is 19.5 Å². The van der Waals surface area contributed by atoms with Crippen LogP contribution < -0.4 is 14.2 Å². The Labute approximate surface area is 215 Å². The lowest BCUT2D eigenvalue weighted by Crippen LogP contribution is -2.50. The minimum Gasteiger partial charge on any atom is -0.493 e. The molecule has 11 heteroatoms. The van der Waals surface area contributed by atoms with Crippen LogP contribution in [0.3, 0.4) is 0 Å². The Hall–Kier alpha value is -3.31. The van der Waals surface area contributed by atoms with Crippen molar-refractivity contribution >= 4 is 17.9 Å². The lowest BCUT2D eigenvalue weighted by molar-refractivity contribution is -0.194. The van der Waals surface area contributed by atoms with Crippen molar-refractivity contribution in [1.82, 2.24) is 0 Å². The van der Waals surface area contributed by atoms with E-state index in [1.807, 2.05) is 0 Å². The first-order chi connectivity index (χ1) is 17.3. The molecule has 1 N–H and O–H groups in total. The summed E-state index contributed by atoms with van der Waals surface area (Å²) in [5.74, 6) is -1.31. The van der Waals surface area contributed by atoms with Gasteiger partial charge in [-0.15, -0.1) is 0 Å². The summed E-state index contributed by atoms with van der Waals surface area (Å²) in [6.07, 6.45) is -2.20. The SMILES string of the molecule is C/C=C(/C)C(=O)O[C@@H](c1cc(OC)c2c(c1)OCO2)[C@@H](C)OC(=O)[C@](C)(O)[C@H](C)OC(=O)[C@@]1(C)O[C@H]1C. The number of carbonyl (C=O) groups excluding carboxylic acids is 3. The van der Waals surface area contributed by atoms with Gasteiger partial charge in [0.1, 0.15) is 12.2 Å². The predicted molar refractivity (Wildman–Crippen MR) is 128 cm³/mol. The molecule has 1 saturated heterocycles. The fourth-order valence-corrected chi connectivity index (χ4v) is 3.53. The molecule has 0 saturated carbocycles. The molecule has 0 aliphatic carbocycles. The molecule has 2 heterocycles. The number of methoxy groups -OCH3 is 1. The molecule has 0 bridgehead atoms. The highest BCUT2D eigenvalue weighted by Crippen LogP contribution is 2.44. The molecule has 0 unspecified atom stereocenters. The summed E-state index contributed by atoms with van der Waals surface area (Å²) >= 11 is 0. The van der Waals surface area contributed by atoms with Crippen molar-refractivity contribution in [1.29, 1.82) is 0 Å². The van der Waals surface area contributed by atoms with E-state index < -0.39 is 47.4 Å². The normalized spacial score (nSPS) is 24.2. The van der Waals surface area contributed by atoms with E-state index in [2.05, 4.69) is 0 Å². The molecule has 0 spiro atoms. The van der Waals surface area contributed by atoms with E-state index in [0.717, 1.165) is 0 Å². The summed E-state index contributed by atoms with van der Waals surface area (Å²) < 4.78 is 38.1. The van der Waals surface area contributed by atoms with Crippen molar-refractivity contribution in [2.24, 2.45) is 0 Å². The highest BCUT2D eigenvalue weighted by atomic mass is 16.7. The minimum absolute atomic E-state index is 0.00976. The number of esters is 3. The Morgan fingerprint density at radius 2 is 1.84 bits per heavy atom. The van der Waals surface area contributed by atoms with Crippen LogP contribution in [0.2, 0.25) is 0 Å². The molecule has 37 heavy (non-hydrogen) atoms. The highest BCUT2D eigenvalue weighted by Gasteiger charge is 2.58. The summed E-state index contributed by atoms with van der Waals surface area (Å²) in [6.45, 7) is 10.6. The molecule has 1 fully saturated rings. The Morgan fingerprint density at radius 3 is 2.41 bits per heavy atom. The quantitative estimate of drug-likeness (QED) is 0.210. The van der Waals surface area contributed by atoms with E-state index in [1.54, 1.807) is 45.9 Å². The molecular weight excluding hydrogens is 488 g/mol. The Bertz CT molecular complexity index is 1090. The summed E-state index contributed by atoms with van der Waals surface area (Å²) in [4.78, 5) is 38.1. The summed E-state index contributed by atoms with van der Waals surface area (Å²) in [5, 5.41) is 10.9. The number of allylic oxidation sites excluding steroid dienone is 1. The summed E-state index contributed by atoms with van der Waals surface area (Å²) in [5.41, 5.74) is -2.58. The van der Waals surface area contributed by atoms with Gasteiger partial charge in [0.15, 0.2) is 28.8 Å². The van der Waals surface area contributed by atoms with Gasteiger partial charge in [0.05, 0.1) is 13.2 Å². The van der Waals surface area contributed by atoms with Gasteiger partial charge in [0.2, 0.25) is 12.5 Å². The van der Waals surface area contributed by atoms with Gasteiger partial charge in [0.25, 0.3) is 0 Å². The molecule has 0 amide bonds. The number of aliphatic hydroxyl groups is 1. The standard InChI is InChI=1S/C26H34O11/c1-9-13(2)22(27)36-20(17-10-18(31-8)21-19(11-17)32-12-33-21)14(3)34-23(28)25(6,30)15(4)35-24(29)26(7)16(5)37-26/h9-11,14-16,20,30H,12H2,1-8H3/b13-9-/t14-,15+,16+,20-,25-,26+/m1/s1. The van der Waals surface area contributed by atoms with Crippen LogP contribution in [-0.4, -0.2) is 66.4 Å². The fraction of sp³-hybridized carbons (Fsp3) is 0.577. The van der Waals surface area contributed by atoms with Crippen LogP contribution in [0.5, 0.6) is 17.2 Å². The Balaban J connectivity index is 1.82. The van der Waals surface area contributed by atoms with Gasteiger partial charge in [-0.25, -0.2) is 14.4 Å². The first-order valence-electron chi connectivity index (χ1n) is 11.9. The predicted octanol–water partition coefficient (Wildman–Crippen LogP) is 2.77. The lowest BCUT2D eigenvalue weighted by atomic mass is 9.99. The first kappa shape index (κ1) is 28.3. The lowest BCUT2D eigenvalue weighted by Gasteiger charge is -2.31. The molecule has 2 aliphatic heterocycles. The van der Waals surface area contributed by atoms with Crippen molar-refractivity contribution in [2.45, 2.75) is 84.1 Å². The average molecular weight is 523 g/mol. The van der Waals surface area contributed by atoms with Crippen LogP contribution in [-0.2, 0) is 33.3 Å². The van der Waals surface area contributed by atoms with E-state index in [4.69, 9.17) is 33.2 Å². The molecule has 6 atom stereocenters. The Kier molecular flexibility index (Phi) is 8.09. The molecule has 204 valence electrons. The fourth-order valence-electron chi connectivity index (χ4n) is 3.53. The summed E-state index contributed by atoms with van der Waals surface area (Å²) in [6, 6.07) is 3.18. The molecule has 1 aromatic rings. The summed E-state index contributed by atoms with van der Waals surface area (Å²) in [7, 11) is 1.45. The van der Waals surface area contributed by atoms with Gasteiger partial charge < -0.3 is 38.3 Å². The van der Waals surface area contributed by atoms with Crippen LogP contribution in [0.1, 0.15) is 60.1 Å². The second kappa shape index (κ2) is 10.6. The van der Waals surface area contributed by atoms with Crippen molar-refractivity contribution in [2.75, 3.05) is 13.9 Å². The zero-order valence-corrected chi connectivity index (χ0v) is 22.3. The van der Waals surface area contributed by atoms with Gasteiger partial charge in [-0.3, -0.25) is 0 Å². The minimum atomic E-state index is -2.21. The third kappa shape index (κ3) is 5.67. The third-order valence-electron chi connectivity index (χ3n) is 6.75. The number of ether oxygens (including phenoxy) is 7. The first-order valence-corrected chi connectivity index (χ1v) is 11.9.